The number of carbonyl (C=O) groups is 1. The minimum absolute atomic E-state index is 0.109. The number of likely N-dealkylation sites (N-methyl/N-ethyl adjacent to an activating group) is 1. The summed E-state index contributed by atoms with van der Waals surface area (Å²) < 4.78 is 1.88. The van der Waals surface area contributed by atoms with Crippen molar-refractivity contribution >= 4 is 5.91 Å². The molecule has 0 atom stereocenters. The second kappa shape index (κ2) is 6.85. The Morgan fingerprint density at radius 3 is 2.65 bits per heavy atom. The van der Waals surface area contributed by atoms with Crippen LogP contribution in [0.4, 0.5) is 0 Å². The van der Waals surface area contributed by atoms with Gasteiger partial charge in [0.05, 0.1) is 11.8 Å². The highest BCUT2D eigenvalue weighted by atomic mass is 16.2. The van der Waals surface area contributed by atoms with Gasteiger partial charge in [0.1, 0.15) is 0 Å². The van der Waals surface area contributed by atoms with E-state index < -0.39 is 0 Å². The number of nitrogens with two attached hydrogens (primary N) is 1. The van der Waals surface area contributed by atoms with Gasteiger partial charge in [-0.15, -0.1) is 0 Å². The quantitative estimate of drug-likeness (QED) is 0.843. The average molecular weight is 279 g/mol. The molecule has 0 aliphatic carbocycles. The normalized spacial score (nSPS) is 16.6. The first-order chi connectivity index (χ1) is 9.67. The molecule has 1 fully saturated rings. The molecule has 0 radical (unpaired) electrons. The number of carbonyl (C=O) groups excluding carboxylic acids is 1. The van der Waals surface area contributed by atoms with E-state index in [1.807, 2.05) is 16.5 Å². The zero-order valence-electron chi connectivity index (χ0n) is 12.5. The van der Waals surface area contributed by atoms with Crippen LogP contribution in [0.3, 0.4) is 0 Å². The Morgan fingerprint density at radius 2 is 2.05 bits per heavy atom. The largest absolute Gasteiger partial charge is 0.336 e. The highest BCUT2D eigenvalue weighted by molar-refractivity contribution is 5.95. The molecule has 0 saturated carbocycles. The third-order valence-corrected chi connectivity index (χ3v) is 4.01. The lowest BCUT2D eigenvalue weighted by Gasteiger charge is -2.34. The topological polar surface area (TPSA) is 67.4 Å². The average Bonchev–Trinajstić information content (AvgIpc) is 2.85. The van der Waals surface area contributed by atoms with Crippen LogP contribution in [0.5, 0.6) is 0 Å². The van der Waals surface area contributed by atoms with Gasteiger partial charge in [0.15, 0.2) is 0 Å². The van der Waals surface area contributed by atoms with Crippen molar-refractivity contribution in [3.8, 4) is 0 Å². The van der Waals surface area contributed by atoms with Gasteiger partial charge in [-0.25, -0.2) is 0 Å². The second-order valence-electron chi connectivity index (χ2n) is 5.24. The van der Waals surface area contributed by atoms with Crippen LogP contribution < -0.4 is 5.73 Å². The maximum atomic E-state index is 12.5. The lowest BCUT2D eigenvalue weighted by molar-refractivity contribution is 0.0642. The van der Waals surface area contributed by atoms with Gasteiger partial charge in [0.2, 0.25) is 0 Å². The minimum atomic E-state index is 0.109. The number of rotatable bonds is 5. The van der Waals surface area contributed by atoms with E-state index >= 15 is 0 Å². The van der Waals surface area contributed by atoms with E-state index in [0.717, 1.165) is 56.9 Å². The molecule has 6 nitrogen and oxygen atoms in total. The summed E-state index contributed by atoms with van der Waals surface area (Å²) in [5.41, 5.74) is 7.19. The van der Waals surface area contributed by atoms with Crippen LogP contribution in [0.2, 0.25) is 0 Å². The summed E-state index contributed by atoms with van der Waals surface area (Å²) in [6, 6.07) is 0. The maximum absolute atomic E-state index is 12.5. The third-order valence-electron chi connectivity index (χ3n) is 4.01. The van der Waals surface area contributed by atoms with Crippen LogP contribution >= 0.6 is 0 Å². The van der Waals surface area contributed by atoms with E-state index in [2.05, 4.69) is 16.9 Å². The van der Waals surface area contributed by atoms with E-state index in [0.29, 0.717) is 6.54 Å². The molecule has 1 saturated heterocycles. The number of amides is 1. The van der Waals surface area contributed by atoms with Gasteiger partial charge in [0.25, 0.3) is 5.91 Å². The molecule has 6 heteroatoms. The Labute approximate surface area is 120 Å². The molecule has 2 N–H and O–H groups in total. The van der Waals surface area contributed by atoms with Gasteiger partial charge < -0.3 is 15.5 Å². The van der Waals surface area contributed by atoms with Crippen molar-refractivity contribution in [3.63, 3.8) is 0 Å². The molecule has 0 aromatic carbocycles. The predicted molar refractivity (Wildman–Crippen MR) is 78.7 cm³/mol. The number of aromatic nitrogens is 2. The summed E-state index contributed by atoms with van der Waals surface area (Å²) in [5, 5.41) is 4.30. The number of hydrogen-bond donors (Lipinski definition) is 1. The van der Waals surface area contributed by atoms with Gasteiger partial charge in [-0.3, -0.25) is 9.48 Å². The summed E-state index contributed by atoms with van der Waals surface area (Å²) in [5.74, 6) is 0.109. The number of aryl methyl sites for hydroxylation is 1. The summed E-state index contributed by atoms with van der Waals surface area (Å²) in [7, 11) is 0. The van der Waals surface area contributed by atoms with E-state index in [-0.39, 0.29) is 5.91 Å². The van der Waals surface area contributed by atoms with Crippen LogP contribution in [0.15, 0.2) is 6.20 Å². The number of hydrogen-bond acceptors (Lipinski definition) is 4. The highest BCUT2D eigenvalue weighted by Crippen LogP contribution is 2.13. The molecule has 0 bridgehead atoms. The second-order valence-corrected chi connectivity index (χ2v) is 5.24. The van der Waals surface area contributed by atoms with Crippen LogP contribution in [0.25, 0.3) is 0 Å². The minimum Gasteiger partial charge on any atom is -0.336 e. The van der Waals surface area contributed by atoms with Crippen LogP contribution in [-0.4, -0.2) is 64.8 Å². The van der Waals surface area contributed by atoms with E-state index in [4.69, 9.17) is 5.73 Å². The molecular weight excluding hydrogens is 254 g/mol. The van der Waals surface area contributed by atoms with E-state index in [9.17, 15) is 4.79 Å². The molecular formula is C14H25N5O. The molecule has 2 rings (SSSR count). The van der Waals surface area contributed by atoms with E-state index in [1.165, 1.54) is 0 Å². The Morgan fingerprint density at radius 1 is 1.35 bits per heavy atom. The fraction of sp³-hybridized carbons (Fsp3) is 0.714. The van der Waals surface area contributed by atoms with Crippen LogP contribution in [0, 0.1) is 6.92 Å². The number of nitrogens with zero attached hydrogens (tertiary/aromatic N) is 4. The van der Waals surface area contributed by atoms with Gasteiger partial charge in [0, 0.05) is 38.4 Å². The zero-order valence-corrected chi connectivity index (χ0v) is 12.5. The molecule has 0 spiro atoms. The van der Waals surface area contributed by atoms with Crippen LogP contribution in [-0.2, 0) is 6.54 Å². The van der Waals surface area contributed by atoms with Crippen molar-refractivity contribution in [2.45, 2.75) is 26.8 Å². The van der Waals surface area contributed by atoms with Crippen molar-refractivity contribution in [1.29, 1.82) is 0 Å². The Kier molecular flexibility index (Phi) is 5.14. The lowest BCUT2D eigenvalue weighted by atomic mass is 10.2. The predicted octanol–water partition coefficient (Wildman–Crippen LogP) is 0.318. The van der Waals surface area contributed by atoms with Gasteiger partial charge in [-0.05, 0) is 26.4 Å². The smallest absolute Gasteiger partial charge is 0.257 e. The van der Waals surface area contributed by atoms with Gasteiger partial charge in [-0.1, -0.05) is 6.92 Å². The fourth-order valence-corrected chi connectivity index (χ4v) is 2.56. The molecule has 0 unspecified atom stereocenters. The van der Waals surface area contributed by atoms with Crippen molar-refractivity contribution in [2.24, 2.45) is 5.73 Å². The van der Waals surface area contributed by atoms with Crippen molar-refractivity contribution in [1.82, 2.24) is 19.6 Å². The Hall–Kier alpha value is -1.40. The zero-order chi connectivity index (χ0) is 14.5. The molecule has 20 heavy (non-hydrogen) atoms. The Balaban J connectivity index is 2.01. The van der Waals surface area contributed by atoms with Gasteiger partial charge in [-0.2, -0.15) is 5.10 Å². The molecule has 2 heterocycles. The molecule has 1 aromatic rings. The van der Waals surface area contributed by atoms with Crippen molar-refractivity contribution in [2.75, 3.05) is 39.3 Å². The molecule has 1 aromatic heterocycles. The summed E-state index contributed by atoms with van der Waals surface area (Å²) >= 11 is 0. The third kappa shape index (κ3) is 3.19. The lowest BCUT2D eigenvalue weighted by Crippen LogP contribution is -2.48. The molecule has 112 valence electrons. The highest BCUT2D eigenvalue weighted by Gasteiger charge is 2.24. The standard InChI is InChI=1S/C14H25N5O/c1-3-17-7-9-18(10-8-17)14(20)13-11-16-19(12(13)2)6-4-5-15/h11H,3-10,15H2,1-2H3. The van der Waals surface area contributed by atoms with Crippen molar-refractivity contribution < 1.29 is 4.79 Å². The fourth-order valence-electron chi connectivity index (χ4n) is 2.56. The first-order valence-corrected chi connectivity index (χ1v) is 7.41. The maximum Gasteiger partial charge on any atom is 0.257 e. The Bertz CT molecular complexity index is 448. The van der Waals surface area contributed by atoms with Crippen molar-refractivity contribution in [3.05, 3.63) is 17.5 Å². The summed E-state index contributed by atoms with van der Waals surface area (Å²) in [6.07, 6.45) is 2.58. The first kappa shape index (κ1) is 15.0. The monoisotopic (exact) mass is 279 g/mol. The molecule has 1 aliphatic heterocycles. The molecule has 1 amide bonds. The first-order valence-electron chi connectivity index (χ1n) is 7.41. The SMILES string of the molecule is CCN1CCN(C(=O)c2cnn(CCCN)c2C)CC1. The van der Waals surface area contributed by atoms with Gasteiger partial charge >= 0.3 is 0 Å². The summed E-state index contributed by atoms with van der Waals surface area (Å²) in [4.78, 5) is 16.8. The van der Waals surface area contributed by atoms with Crippen LogP contribution in [0.1, 0.15) is 29.4 Å². The number of piperazine rings is 1. The van der Waals surface area contributed by atoms with E-state index in [1.54, 1.807) is 6.20 Å². The summed E-state index contributed by atoms with van der Waals surface area (Å²) in [6.45, 7) is 10.1. The molecule has 1 aliphatic rings.